The van der Waals surface area contributed by atoms with Crippen molar-refractivity contribution in [2.75, 3.05) is 5.32 Å². The summed E-state index contributed by atoms with van der Waals surface area (Å²) in [6.45, 7) is 4.00. The molecule has 2 aromatic rings. The summed E-state index contributed by atoms with van der Waals surface area (Å²) in [7, 11) is 0. The maximum atomic E-state index is 11.1. The SMILES string of the molecule is CCn1nc(C)c([N+](=O)[O-])c1NCc1cc(O)ccc1O. The second-order valence-electron chi connectivity index (χ2n) is 4.52. The van der Waals surface area contributed by atoms with Gasteiger partial charge in [0.2, 0.25) is 5.82 Å². The second kappa shape index (κ2) is 5.70. The highest BCUT2D eigenvalue weighted by atomic mass is 16.6. The highest BCUT2D eigenvalue weighted by molar-refractivity contribution is 5.60. The largest absolute Gasteiger partial charge is 0.508 e. The normalized spacial score (nSPS) is 10.6. The van der Waals surface area contributed by atoms with E-state index in [4.69, 9.17) is 0 Å². The summed E-state index contributed by atoms with van der Waals surface area (Å²) >= 11 is 0. The van der Waals surface area contributed by atoms with Crippen molar-refractivity contribution >= 4 is 11.5 Å². The van der Waals surface area contributed by atoms with Gasteiger partial charge in [0.25, 0.3) is 0 Å². The van der Waals surface area contributed by atoms with E-state index in [1.165, 1.54) is 22.9 Å². The number of aromatic nitrogens is 2. The molecule has 8 heteroatoms. The van der Waals surface area contributed by atoms with Crippen LogP contribution in [0.1, 0.15) is 18.2 Å². The molecule has 0 radical (unpaired) electrons. The Morgan fingerprint density at radius 2 is 2.14 bits per heavy atom. The van der Waals surface area contributed by atoms with Gasteiger partial charge in [0, 0.05) is 18.7 Å². The Bertz CT molecular complexity index is 681. The molecule has 0 atom stereocenters. The minimum Gasteiger partial charge on any atom is -0.508 e. The van der Waals surface area contributed by atoms with E-state index in [1.54, 1.807) is 6.92 Å². The zero-order valence-electron chi connectivity index (χ0n) is 11.7. The maximum Gasteiger partial charge on any atom is 0.333 e. The summed E-state index contributed by atoms with van der Waals surface area (Å²) in [6.07, 6.45) is 0. The van der Waals surface area contributed by atoms with Crippen LogP contribution in [0.25, 0.3) is 0 Å². The third-order valence-corrected chi connectivity index (χ3v) is 3.09. The molecule has 21 heavy (non-hydrogen) atoms. The van der Waals surface area contributed by atoms with E-state index in [0.717, 1.165) is 0 Å². The predicted octanol–water partition coefficient (Wildman–Crippen LogP) is 2.14. The summed E-state index contributed by atoms with van der Waals surface area (Å²) in [5.41, 5.74) is 0.673. The van der Waals surface area contributed by atoms with Gasteiger partial charge in [-0.25, -0.2) is 4.68 Å². The smallest absolute Gasteiger partial charge is 0.333 e. The zero-order valence-corrected chi connectivity index (χ0v) is 11.7. The lowest BCUT2D eigenvalue weighted by Crippen LogP contribution is -2.08. The van der Waals surface area contributed by atoms with Gasteiger partial charge in [-0.05, 0) is 32.0 Å². The number of nitro groups is 1. The first-order valence-corrected chi connectivity index (χ1v) is 6.40. The van der Waals surface area contributed by atoms with Crippen LogP contribution in [0.3, 0.4) is 0 Å². The van der Waals surface area contributed by atoms with Crippen LogP contribution < -0.4 is 5.32 Å². The third kappa shape index (κ3) is 2.88. The molecule has 1 aromatic carbocycles. The Morgan fingerprint density at radius 3 is 2.76 bits per heavy atom. The molecule has 0 aliphatic rings. The van der Waals surface area contributed by atoms with Crippen molar-refractivity contribution in [3.63, 3.8) is 0 Å². The van der Waals surface area contributed by atoms with Gasteiger partial charge in [-0.3, -0.25) is 10.1 Å². The van der Waals surface area contributed by atoms with E-state index in [1.807, 2.05) is 6.92 Å². The lowest BCUT2D eigenvalue weighted by atomic mass is 10.2. The molecule has 0 fully saturated rings. The summed E-state index contributed by atoms with van der Waals surface area (Å²) in [5.74, 6) is 0.296. The van der Waals surface area contributed by atoms with E-state index >= 15 is 0 Å². The molecule has 0 aliphatic carbocycles. The third-order valence-electron chi connectivity index (χ3n) is 3.09. The standard InChI is InChI=1S/C13H16N4O4/c1-3-16-13(12(17(20)21)8(2)15-16)14-7-9-6-10(18)4-5-11(9)19/h4-6,14,18-19H,3,7H2,1-2H3. The van der Waals surface area contributed by atoms with Crippen LogP contribution in [0.5, 0.6) is 11.5 Å². The van der Waals surface area contributed by atoms with Crippen LogP contribution >= 0.6 is 0 Å². The first kappa shape index (κ1) is 14.6. The number of hydrogen-bond donors (Lipinski definition) is 3. The van der Waals surface area contributed by atoms with E-state index in [2.05, 4.69) is 10.4 Å². The number of aryl methyl sites for hydroxylation is 2. The Hall–Kier alpha value is -2.77. The molecule has 0 aliphatic heterocycles. The second-order valence-corrected chi connectivity index (χ2v) is 4.52. The zero-order chi connectivity index (χ0) is 15.6. The van der Waals surface area contributed by atoms with Crippen LogP contribution in [0, 0.1) is 17.0 Å². The summed E-state index contributed by atoms with van der Waals surface area (Å²) in [4.78, 5) is 10.6. The minimum absolute atomic E-state index is 0.00207. The number of benzene rings is 1. The van der Waals surface area contributed by atoms with Crippen molar-refractivity contribution < 1.29 is 15.1 Å². The average Bonchev–Trinajstić information content (AvgIpc) is 2.75. The molecular weight excluding hydrogens is 276 g/mol. The number of anilines is 1. The van der Waals surface area contributed by atoms with Gasteiger partial charge in [0.15, 0.2) is 0 Å². The molecule has 0 unspecified atom stereocenters. The van der Waals surface area contributed by atoms with Gasteiger partial charge < -0.3 is 15.5 Å². The molecule has 0 spiro atoms. The Kier molecular flexibility index (Phi) is 3.97. The van der Waals surface area contributed by atoms with Crippen LogP contribution in [0.2, 0.25) is 0 Å². The predicted molar refractivity (Wildman–Crippen MR) is 76.4 cm³/mol. The van der Waals surface area contributed by atoms with Gasteiger partial charge in [0.05, 0.1) is 4.92 Å². The number of phenolic OH excluding ortho intramolecular Hbond substituents is 2. The van der Waals surface area contributed by atoms with Crippen LogP contribution in [0.15, 0.2) is 18.2 Å². The quantitative estimate of drug-likeness (QED) is 0.442. The summed E-state index contributed by atoms with van der Waals surface area (Å²) in [5, 5.41) is 37.3. The molecular formula is C13H16N4O4. The Balaban J connectivity index is 2.31. The fourth-order valence-electron chi connectivity index (χ4n) is 2.09. The van der Waals surface area contributed by atoms with Crippen molar-refractivity contribution in [1.82, 2.24) is 9.78 Å². The van der Waals surface area contributed by atoms with Crippen molar-refractivity contribution in [1.29, 1.82) is 0 Å². The highest BCUT2D eigenvalue weighted by Gasteiger charge is 2.24. The molecule has 1 heterocycles. The lowest BCUT2D eigenvalue weighted by molar-refractivity contribution is -0.384. The van der Waals surface area contributed by atoms with Gasteiger partial charge in [-0.15, -0.1) is 0 Å². The van der Waals surface area contributed by atoms with Crippen molar-refractivity contribution in [2.45, 2.75) is 26.9 Å². The van der Waals surface area contributed by atoms with Crippen molar-refractivity contribution in [2.24, 2.45) is 0 Å². The summed E-state index contributed by atoms with van der Waals surface area (Å²) < 4.78 is 1.49. The Morgan fingerprint density at radius 1 is 1.43 bits per heavy atom. The fourth-order valence-corrected chi connectivity index (χ4v) is 2.09. The van der Waals surface area contributed by atoms with Crippen LogP contribution in [-0.2, 0) is 13.1 Å². The molecule has 0 saturated carbocycles. The maximum absolute atomic E-state index is 11.1. The number of nitrogens with zero attached hydrogens (tertiary/aromatic N) is 3. The van der Waals surface area contributed by atoms with E-state index in [0.29, 0.717) is 17.8 Å². The van der Waals surface area contributed by atoms with Gasteiger partial charge in [-0.1, -0.05) is 0 Å². The van der Waals surface area contributed by atoms with Crippen LogP contribution in [0.4, 0.5) is 11.5 Å². The lowest BCUT2D eigenvalue weighted by Gasteiger charge is -2.09. The fraction of sp³-hybridized carbons (Fsp3) is 0.308. The van der Waals surface area contributed by atoms with E-state index < -0.39 is 4.92 Å². The van der Waals surface area contributed by atoms with Gasteiger partial charge >= 0.3 is 5.69 Å². The number of rotatable bonds is 5. The molecule has 1 aromatic heterocycles. The Labute approximate surface area is 120 Å². The number of phenols is 2. The first-order chi connectivity index (χ1) is 9.93. The van der Waals surface area contributed by atoms with Crippen LogP contribution in [-0.4, -0.2) is 24.9 Å². The summed E-state index contributed by atoms with van der Waals surface area (Å²) in [6, 6.07) is 4.12. The highest BCUT2D eigenvalue weighted by Crippen LogP contribution is 2.30. The average molecular weight is 292 g/mol. The van der Waals surface area contributed by atoms with E-state index in [-0.39, 0.29) is 29.5 Å². The monoisotopic (exact) mass is 292 g/mol. The van der Waals surface area contributed by atoms with Crippen molar-refractivity contribution in [3.8, 4) is 11.5 Å². The van der Waals surface area contributed by atoms with Crippen molar-refractivity contribution in [3.05, 3.63) is 39.6 Å². The molecule has 8 nitrogen and oxygen atoms in total. The molecule has 0 amide bonds. The first-order valence-electron chi connectivity index (χ1n) is 6.40. The minimum atomic E-state index is -0.487. The molecule has 2 rings (SSSR count). The van der Waals surface area contributed by atoms with Gasteiger partial charge in [-0.2, -0.15) is 5.10 Å². The molecule has 0 bridgehead atoms. The molecule has 112 valence electrons. The number of aromatic hydroxyl groups is 2. The van der Waals surface area contributed by atoms with Gasteiger partial charge in [0.1, 0.15) is 17.2 Å². The van der Waals surface area contributed by atoms with E-state index in [9.17, 15) is 20.3 Å². The topological polar surface area (TPSA) is 113 Å². The molecule has 3 N–H and O–H groups in total. The number of hydrogen-bond acceptors (Lipinski definition) is 6. The number of nitrogens with one attached hydrogen (secondary N) is 1. The molecule has 0 saturated heterocycles.